The smallest absolute Gasteiger partial charge is 0.147 e. The van der Waals surface area contributed by atoms with Crippen molar-refractivity contribution >= 4 is 10.9 Å². The van der Waals surface area contributed by atoms with Gasteiger partial charge in [0.15, 0.2) is 0 Å². The Hall–Kier alpha value is -1.39. The number of aryl methyl sites for hydroxylation is 1. The van der Waals surface area contributed by atoms with E-state index >= 15 is 0 Å². The standard InChI is InChI=1S/C16H23FN2O/c1-19(2)9-8-13-11-18-16-14(17)7-6-12(15(13)16)5-4-10-20-3/h6-7,11,18H,4-5,8-10H2,1-3H3. The van der Waals surface area contributed by atoms with E-state index in [-0.39, 0.29) is 5.82 Å². The molecule has 3 nitrogen and oxygen atoms in total. The summed E-state index contributed by atoms with van der Waals surface area (Å²) >= 11 is 0. The van der Waals surface area contributed by atoms with Crippen LogP contribution in [0.5, 0.6) is 0 Å². The summed E-state index contributed by atoms with van der Waals surface area (Å²) in [5, 5.41) is 1.06. The highest BCUT2D eigenvalue weighted by molar-refractivity contribution is 5.87. The number of rotatable bonds is 7. The van der Waals surface area contributed by atoms with Crippen LogP contribution >= 0.6 is 0 Å². The van der Waals surface area contributed by atoms with Gasteiger partial charge in [0.2, 0.25) is 0 Å². The number of aromatic nitrogens is 1. The third kappa shape index (κ3) is 3.38. The first-order valence-corrected chi connectivity index (χ1v) is 7.04. The van der Waals surface area contributed by atoms with Crippen molar-refractivity contribution in [3.05, 3.63) is 35.3 Å². The van der Waals surface area contributed by atoms with E-state index in [1.165, 1.54) is 11.1 Å². The zero-order valence-electron chi connectivity index (χ0n) is 12.5. The van der Waals surface area contributed by atoms with Gasteiger partial charge in [-0.25, -0.2) is 4.39 Å². The molecule has 0 bridgehead atoms. The second-order valence-electron chi connectivity index (χ2n) is 5.42. The first kappa shape index (κ1) is 15.0. The molecule has 1 aromatic carbocycles. The number of methoxy groups -OCH3 is 1. The summed E-state index contributed by atoms with van der Waals surface area (Å²) in [4.78, 5) is 5.23. The Morgan fingerprint density at radius 3 is 2.70 bits per heavy atom. The lowest BCUT2D eigenvalue weighted by molar-refractivity contribution is 0.195. The topological polar surface area (TPSA) is 28.3 Å². The minimum absolute atomic E-state index is 0.174. The van der Waals surface area contributed by atoms with Crippen molar-refractivity contribution < 1.29 is 9.13 Å². The lowest BCUT2D eigenvalue weighted by atomic mass is 10.0. The van der Waals surface area contributed by atoms with E-state index in [9.17, 15) is 4.39 Å². The molecule has 0 aliphatic rings. The van der Waals surface area contributed by atoms with Gasteiger partial charge in [0, 0.05) is 31.8 Å². The van der Waals surface area contributed by atoms with E-state index in [0.29, 0.717) is 5.52 Å². The molecule has 110 valence electrons. The van der Waals surface area contributed by atoms with Gasteiger partial charge < -0.3 is 14.6 Å². The lowest BCUT2D eigenvalue weighted by Crippen LogP contribution is -2.15. The van der Waals surface area contributed by atoms with Gasteiger partial charge in [0.1, 0.15) is 5.82 Å². The Morgan fingerprint density at radius 2 is 2.00 bits per heavy atom. The van der Waals surface area contributed by atoms with Crippen molar-refractivity contribution in [1.29, 1.82) is 0 Å². The predicted octanol–water partition coefficient (Wildman–Crippen LogP) is 2.99. The molecular weight excluding hydrogens is 255 g/mol. The number of nitrogens with one attached hydrogen (secondary N) is 1. The maximum absolute atomic E-state index is 13.9. The highest BCUT2D eigenvalue weighted by Crippen LogP contribution is 2.26. The van der Waals surface area contributed by atoms with E-state index in [1.54, 1.807) is 13.2 Å². The van der Waals surface area contributed by atoms with Gasteiger partial charge in [-0.2, -0.15) is 0 Å². The van der Waals surface area contributed by atoms with Gasteiger partial charge >= 0.3 is 0 Å². The zero-order chi connectivity index (χ0) is 14.5. The number of H-pyrrole nitrogens is 1. The van der Waals surface area contributed by atoms with E-state index in [2.05, 4.69) is 24.0 Å². The van der Waals surface area contributed by atoms with Crippen LogP contribution < -0.4 is 0 Å². The molecule has 0 unspecified atom stereocenters. The van der Waals surface area contributed by atoms with Crippen molar-refractivity contribution in [3.63, 3.8) is 0 Å². The van der Waals surface area contributed by atoms with Crippen molar-refractivity contribution in [3.8, 4) is 0 Å². The van der Waals surface area contributed by atoms with Gasteiger partial charge in [0.05, 0.1) is 5.52 Å². The summed E-state index contributed by atoms with van der Waals surface area (Å²) < 4.78 is 19.0. The van der Waals surface area contributed by atoms with Crippen LogP contribution in [0.2, 0.25) is 0 Å². The average Bonchev–Trinajstić information content (AvgIpc) is 2.84. The normalized spacial score (nSPS) is 11.7. The maximum Gasteiger partial charge on any atom is 0.147 e. The molecule has 2 rings (SSSR count). The number of fused-ring (bicyclic) bond motifs is 1. The molecule has 0 aliphatic heterocycles. The summed E-state index contributed by atoms with van der Waals surface area (Å²) in [5.74, 6) is -0.174. The average molecular weight is 278 g/mol. The fourth-order valence-electron chi connectivity index (χ4n) is 2.52. The molecule has 0 radical (unpaired) electrons. The van der Waals surface area contributed by atoms with Crippen LogP contribution in [-0.4, -0.2) is 44.2 Å². The molecule has 0 amide bonds. The SMILES string of the molecule is COCCCc1ccc(F)c2[nH]cc(CCN(C)C)c12. The molecule has 1 aromatic heterocycles. The van der Waals surface area contributed by atoms with E-state index < -0.39 is 0 Å². The monoisotopic (exact) mass is 278 g/mol. The van der Waals surface area contributed by atoms with Crippen molar-refractivity contribution in [2.24, 2.45) is 0 Å². The zero-order valence-corrected chi connectivity index (χ0v) is 12.5. The van der Waals surface area contributed by atoms with Gasteiger partial charge in [-0.1, -0.05) is 6.07 Å². The molecular formula is C16H23FN2O. The molecule has 0 saturated carbocycles. The number of benzene rings is 1. The Morgan fingerprint density at radius 1 is 1.20 bits per heavy atom. The Kier molecular flexibility index (Phi) is 5.15. The Labute approximate surface area is 119 Å². The Bertz CT molecular complexity index is 563. The van der Waals surface area contributed by atoms with Crippen molar-refractivity contribution in [2.45, 2.75) is 19.3 Å². The molecule has 0 aliphatic carbocycles. The first-order chi connectivity index (χ1) is 9.63. The number of hydrogen-bond donors (Lipinski definition) is 1. The number of likely N-dealkylation sites (N-methyl/N-ethyl adjacent to an activating group) is 1. The van der Waals surface area contributed by atoms with E-state index in [1.807, 2.05) is 12.3 Å². The van der Waals surface area contributed by atoms with Crippen LogP contribution in [0.25, 0.3) is 10.9 Å². The molecule has 0 atom stereocenters. The van der Waals surface area contributed by atoms with Crippen molar-refractivity contribution in [2.75, 3.05) is 34.4 Å². The van der Waals surface area contributed by atoms with Crippen LogP contribution in [0.3, 0.4) is 0 Å². The quantitative estimate of drug-likeness (QED) is 0.789. The summed E-state index contributed by atoms with van der Waals surface area (Å²) in [6.45, 7) is 1.69. The molecule has 0 saturated heterocycles. The molecule has 1 heterocycles. The third-order valence-electron chi connectivity index (χ3n) is 3.58. The predicted molar refractivity (Wildman–Crippen MR) is 80.7 cm³/mol. The van der Waals surface area contributed by atoms with Gasteiger partial charge in [-0.3, -0.25) is 0 Å². The molecule has 0 spiro atoms. The number of nitrogens with zero attached hydrogens (tertiary/aromatic N) is 1. The number of aromatic amines is 1. The number of halogens is 1. The fourth-order valence-corrected chi connectivity index (χ4v) is 2.52. The van der Waals surface area contributed by atoms with Crippen LogP contribution in [0.4, 0.5) is 4.39 Å². The highest BCUT2D eigenvalue weighted by Gasteiger charge is 2.12. The number of hydrogen-bond acceptors (Lipinski definition) is 2. The van der Waals surface area contributed by atoms with Crippen LogP contribution in [-0.2, 0) is 17.6 Å². The summed E-state index contributed by atoms with van der Waals surface area (Å²) in [7, 11) is 5.81. The summed E-state index contributed by atoms with van der Waals surface area (Å²) in [6.07, 6.45) is 4.73. The van der Waals surface area contributed by atoms with Crippen molar-refractivity contribution in [1.82, 2.24) is 9.88 Å². The van der Waals surface area contributed by atoms with Gasteiger partial charge in [-0.15, -0.1) is 0 Å². The second-order valence-corrected chi connectivity index (χ2v) is 5.42. The van der Waals surface area contributed by atoms with Gasteiger partial charge in [-0.05, 0) is 50.6 Å². The molecule has 1 N–H and O–H groups in total. The molecule has 0 fully saturated rings. The lowest BCUT2D eigenvalue weighted by Gasteiger charge is -2.10. The fraction of sp³-hybridized carbons (Fsp3) is 0.500. The largest absolute Gasteiger partial charge is 0.385 e. The van der Waals surface area contributed by atoms with E-state index in [0.717, 1.165) is 37.8 Å². The number of ether oxygens (including phenoxy) is 1. The molecule has 2 aromatic rings. The third-order valence-corrected chi connectivity index (χ3v) is 3.58. The molecule has 4 heteroatoms. The first-order valence-electron chi connectivity index (χ1n) is 7.04. The minimum atomic E-state index is -0.174. The summed E-state index contributed by atoms with van der Waals surface area (Å²) in [5.41, 5.74) is 3.03. The van der Waals surface area contributed by atoms with Crippen LogP contribution in [0, 0.1) is 5.82 Å². The maximum atomic E-state index is 13.9. The van der Waals surface area contributed by atoms with Gasteiger partial charge in [0.25, 0.3) is 0 Å². The highest BCUT2D eigenvalue weighted by atomic mass is 19.1. The van der Waals surface area contributed by atoms with E-state index in [4.69, 9.17) is 4.74 Å². The van der Waals surface area contributed by atoms with Crippen LogP contribution in [0.1, 0.15) is 17.5 Å². The minimum Gasteiger partial charge on any atom is -0.385 e. The second kappa shape index (κ2) is 6.86. The summed E-state index contributed by atoms with van der Waals surface area (Å²) in [6, 6.07) is 3.46. The Balaban J connectivity index is 2.30. The van der Waals surface area contributed by atoms with Crippen LogP contribution in [0.15, 0.2) is 18.3 Å². The molecule has 20 heavy (non-hydrogen) atoms.